The lowest BCUT2D eigenvalue weighted by molar-refractivity contribution is 0.0697. The maximum atomic E-state index is 14.4. The summed E-state index contributed by atoms with van der Waals surface area (Å²) in [4.78, 5) is 11.1. The Morgan fingerprint density at radius 1 is 1.03 bits per heavy atom. The van der Waals surface area contributed by atoms with Gasteiger partial charge in [-0.2, -0.15) is 0 Å². The Bertz CT molecular complexity index is 1130. The third kappa shape index (κ3) is 4.41. The van der Waals surface area contributed by atoms with Gasteiger partial charge in [-0.25, -0.2) is 17.6 Å². The highest BCUT2D eigenvalue weighted by molar-refractivity contribution is 7.92. The van der Waals surface area contributed by atoms with Crippen molar-refractivity contribution in [1.29, 1.82) is 0 Å². The molecule has 0 aromatic heterocycles. The number of aryl methyl sites for hydroxylation is 1. The minimum Gasteiger partial charge on any atom is -0.478 e. The van der Waals surface area contributed by atoms with E-state index in [1.54, 1.807) is 12.1 Å². The molecule has 0 atom stereocenters. The van der Waals surface area contributed by atoms with Gasteiger partial charge in [-0.05, 0) is 55.5 Å². The third-order valence-electron chi connectivity index (χ3n) is 4.37. The summed E-state index contributed by atoms with van der Waals surface area (Å²) in [6.45, 7) is 1.48. The van der Waals surface area contributed by atoms with Gasteiger partial charge in [-0.1, -0.05) is 35.4 Å². The second-order valence-corrected chi connectivity index (χ2v) is 8.65. The van der Waals surface area contributed by atoms with Crippen LogP contribution in [-0.4, -0.2) is 19.5 Å². The predicted molar refractivity (Wildman–Crippen MR) is 109 cm³/mol. The highest BCUT2D eigenvalue weighted by Gasteiger charge is 2.27. The molecule has 0 fully saturated rings. The first-order valence-electron chi connectivity index (χ1n) is 8.56. The van der Waals surface area contributed by atoms with Gasteiger partial charge >= 0.3 is 5.97 Å². The Morgan fingerprint density at radius 2 is 1.66 bits per heavy atom. The number of aromatic carboxylic acids is 1. The summed E-state index contributed by atoms with van der Waals surface area (Å²) >= 11 is 6.11. The topological polar surface area (TPSA) is 74.7 Å². The first kappa shape index (κ1) is 20.8. The Balaban J connectivity index is 2.13. The van der Waals surface area contributed by atoms with Crippen molar-refractivity contribution < 1.29 is 22.7 Å². The summed E-state index contributed by atoms with van der Waals surface area (Å²) in [6, 6.07) is 15.7. The van der Waals surface area contributed by atoms with Crippen LogP contribution in [0.15, 0.2) is 71.6 Å². The lowest BCUT2D eigenvalue weighted by atomic mass is 10.2. The largest absolute Gasteiger partial charge is 0.478 e. The molecule has 1 N–H and O–H groups in total. The van der Waals surface area contributed by atoms with E-state index in [9.17, 15) is 17.6 Å². The van der Waals surface area contributed by atoms with Crippen molar-refractivity contribution in [3.63, 3.8) is 0 Å². The third-order valence-corrected chi connectivity index (χ3v) is 6.52. The highest BCUT2D eigenvalue weighted by Crippen LogP contribution is 2.29. The molecule has 0 saturated heterocycles. The molecule has 0 spiro atoms. The molecule has 5 nitrogen and oxygen atoms in total. The van der Waals surface area contributed by atoms with Crippen molar-refractivity contribution in [3.8, 4) is 0 Å². The molecule has 8 heteroatoms. The van der Waals surface area contributed by atoms with Gasteiger partial charge in [0.15, 0.2) is 0 Å². The average molecular weight is 434 g/mol. The van der Waals surface area contributed by atoms with E-state index in [0.29, 0.717) is 0 Å². The Labute approximate surface area is 173 Å². The summed E-state index contributed by atoms with van der Waals surface area (Å²) in [5.41, 5.74) is 1.10. The minimum atomic E-state index is -4.08. The van der Waals surface area contributed by atoms with Gasteiger partial charge in [0.25, 0.3) is 10.0 Å². The number of benzene rings is 3. The van der Waals surface area contributed by atoms with Crippen LogP contribution in [0.5, 0.6) is 0 Å². The monoisotopic (exact) mass is 433 g/mol. The quantitative estimate of drug-likeness (QED) is 0.601. The van der Waals surface area contributed by atoms with Crippen LogP contribution in [0.3, 0.4) is 0 Å². The molecule has 0 amide bonds. The zero-order valence-electron chi connectivity index (χ0n) is 15.3. The first-order chi connectivity index (χ1) is 13.7. The van der Waals surface area contributed by atoms with Crippen molar-refractivity contribution in [1.82, 2.24) is 0 Å². The molecule has 3 aromatic carbocycles. The molecule has 0 aliphatic carbocycles. The lowest BCUT2D eigenvalue weighted by Crippen LogP contribution is -2.31. The van der Waals surface area contributed by atoms with Gasteiger partial charge < -0.3 is 5.11 Å². The van der Waals surface area contributed by atoms with Crippen LogP contribution >= 0.6 is 11.6 Å². The summed E-state index contributed by atoms with van der Waals surface area (Å²) < 4.78 is 42.0. The zero-order chi connectivity index (χ0) is 21.2. The second-order valence-electron chi connectivity index (χ2n) is 6.38. The smallest absolute Gasteiger partial charge is 0.335 e. The van der Waals surface area contributed by atoms with Crippen LogP contribution < -0.4 is 4.31 Å². The summed E-state index contributed by atoms with van der Waals surface area (Å²) in [7, 11) is -4.08. The fourth-order valence-electron chi connectivity index (χ4n) is 2.75. The molecule has 150 valence electrons. The van der Waals surface area contributed by atoms with Crippen molar-refractivity contribution >= 4 is 33.3 Å². The van der Waals surface area contributed by atoms with E-state index in [1.165, 1.54) is 54.6 Å². The number of rotatable bonds is 6. The minimum absolute atomic E-state index is 0.00496. The molecule has 3 aromatic rings. The maximum Gasteiger partial charge on any atom is 0.335 e. The molecular weight excluding hydrogens is 417 g/mol. The van der Waals surface area contributed by atoms with Gasteiger partial charge in [-0.3, -0.25) is 4.31 Å². The average Bonchev–Trinajstić information content (AvgIpc) is 2.68. The number of carboxylic acid groups (broad SMARTS) is 1. The SMILES string of the molecule is Cc1ccc(S(=O)(=O)N(Cc2c(F)cccc2Cl)c2ccc(C(=O)O)cc2)cc1. The van der Waals surface area contributed by atoms with E-state index < -0.39 is 21.8 Å². The standard InChI is InChI=1S/C21H17ClFNO4S/c1-14-5-11-17(12-6-14)29(27,28)24(13-18-19(22)3-2-4-20(18)23)16-9-7-15(8-10-16)21(25)26/h2-12H,13H2,1H3,(H,25,26). The first-order valence-corrected chi connectivity index (χ1v) is 10.4. The van der Waals surface area contributed by atoms with E-state index in [2.05, 4.69) is 0 Å². The molecule has 29 heavy (non-hydrogen) atoms. The Kier molecular flexibility index (Phi) is 5.91. The van der Waals surface area contributed by atoms with E-state index in [-0.39, 0.29) is 33.3 Å². The van der Waals surface area contributed by atoms with Crippen LogP contribution in [0.1, 0.15) is 21.5 Å². The highest BCUT2D eigenvalue weighted by atomic mass is 35.5. The van der Waals surface area contributed by atoms with Gasteiger partial charge in [0.2, 0.25) is 0 Å². The van der Waals surface area contributed by atoms with Gasteiger partial charge in [0.05, 0.1) is 22.7 Å². The number of halogens is 2. The number of nitrogens with zero attached hydrogens (tertiary/aromatic N) is 1. The van der Waals surface area contributed by atoms with Crippen LogP contribution in [0.25, 0.3) is 0 Å². The van der Waals surface area contributed by atoms with Crippen molar-refractivity contribution in [2.75, 3.05) is 4.31 Å². The van der Waals surface area contributed by atoms with E-state index >= 15 is 0 Å². The molecule has 3 rings (SSSR count). The van der Waals surface area contributed by atoms with Crippen molar-refractivity contribution in [2.45, 2.75) is 18.4 Å². The summed E-state index contributed by atoms with van der Waals surface area (Å²) in [5, 5.41) is 9.18. The van der Waals surface area contributed by atoms with E-state index in [4.69, 9.17) is 16.7 Å². The Hall–Kier alpha value is -2.90. The zero-order valence-corrected chi connectivity index (χ0v) is 16.9. The summed E-state index contributed by atoms with van der Waals surface area (Å²) in [6.07, 6.45) is 0. The molecule has 0 saturated carbocycles. The molecule has 0 heterocycles. The second kappa shape index (κ2) is 8.23. The number of carboxylic acids is 1. The Morgan fingerprint density at radius 3 is 2.21 bits per heavy atom. The predicted octanol–water partition coefficient (Wildman–Crippen LogP) is 4.88. The van der Waals surface area contributed by atoms with Gasteiger partial charge in [0, 0.05) is 10.6 Å². The molecular formula is C21H17ClFNO4S. The van der Waals surface area contributed by atoms with Crippen LogP contribution in [0, 0.1) is 12.7 Å². The fraction of sp³-hybridized carbons (Fsp3) is 0.0952. The van der Waals surface area contributed by atoms with Crippen LogP contribution in [-0.2, 0) is 16.6 Å². The number of carbonyl (C=O) groups is 1. The number of anilines is 1. The molecule has 0 radical (unpaired) electrons. The number of hydrogen-bond acceptors (Lipinski definition) is 3. The van der Waals surface area contributed by atoms with Crippen molar-refractivity contribution in [2.24, 2.45) is 0 Å². The van der Waals surface area contributed by atoms with Gasteiger partial charge in [0.1, 0.15) is 5.82 Å². The molecule has 0 unspecified atom stereocenters. The fourth-order valence-corrected chi connectivity index (χ4v) is 4.41. The molecule has 0 bridgehead atoms. The van der Waals surface area contributed by atoms with E-state index in [1.807, 2.05) is 6.92 Å². The van der Waals surface area contributed by atoms with Crippen LogP contribution in [0.2, 0.25) is 5.02 Å². The number of hydrogen-bond donors (Lipinski definition) is 1. The van der Waals surface area contributed by atoms with Crippen molar-refractivity contribution in [3.05, 3.63) is 94.3 Å². The summed E-state index contributed by atoms with van der Waals surface area (Å²) in [5.74, 6) is -1.77. The number of sulfonamides is 1. The maximum absolute atomic E-state index is 14.4. The van der Waals surface area contributed by atoms with E-state index in [0.717, 1.165) is 9.87 Å². The molecule has 0 aliphatic rings. The lowest BCUT2D eigenvalue weighted by Gasteiger charge is -2.25. The van der Waals surface area contributed by atoms with Crippen LogP contribution in [0.4, 0.5) is 10.1 Å². The molecule has 0 aliphatic heterocycles. The normalized spacial score (nSPS) is 11.3. The van der Waals surface area contributed by atoms with Gasteiger partial charge in [-0.15, -0.1) is 0 Å².